The molecule has 2 heterocycles. The molecule has 1 N–H and O–H groups in total. The highest BCUT2D eigenvalue weighted by atomic mass is 32.2. The molecular formula is C15H19N3O3S. The van der Waals surface area contributed by atoms with Gasteiger partial charge in [-0.3, -0.25) is 4.68 Å². The minimum Gasteiger partial charge on any atom is -0.377 e. The normalized spacial score (nSPS) is 18.6. The summed E-state index contributed by atoms with van der Waals surface area (Å²) in [6.45, 7) is 1.57. The summed E-state index contributed by atoms with van der Waals surface area (Å²) in [6, 6.07) is 9.79. The second kappa shape index (κ2) is 6.60. The minimum atomic E-state index is -3.53. The van der Waals surface area contributed by atoms with E-state index in [2.05, 4.69) is 9.82 Å². The van der Waals surface area contributed by atoms with Crippen molar-refractivity contribution in [3.63, 3.8) is 0 Å². The smallest absolute Gasteiger partial charge is 0.243 e. The average Bonchev–Trinajstić information content (AvgIpc) is 3.18. The van der Waals surface area contributed by atoms with Gasteiger partial charge in [-0.05, 0) is 18.4 Å². The van der Waals surface area contributed by atoms with Crippen LogP contribution in [0.25, 0.3) is 0 Å². The number of aromatic nitrogens is 2. The van der Waals surface area contributed by atoms with Crippen molar-refractivity contribution in [2.45, 2.75) is 30.4 Å². The van der Waals surface area contributed by atoms with E-state index in [9.17, 15) is 8.42 Å². The Labute approximate surface area is 130 Å². The summed E-state index contributed by atoms with van der Waals surface area (Å²) in [5, 5.41) is 4.12. The second-order valence-electron chi connectivity index (χ2n) is 5.35. The first kappa shape index (κ1) is 15.2. The number of nitrogens with zero attached hydrogens (tertiary/aromatic N) is 2. The van der Waals surface area contributed by atoms with Crippen molar-refractivity contribution in [3.05, 3.63) is 48.3 Å². The zero-order chi connectivity index (χ0) is 15.4. The largest absolute Gasteiger partial charge is 0.377 e. The van der Waals surface area contributed by atoms with Gasteiger partial charge >= 0.3 is 0 Å². The maximum Gasteiger partial charge on any atom is 0.243 e. The van der Waals surface area contributed by atoms with E-state index in [1.165, 1.54) is 6.20 Å². The first-order valence-corrected chi connectivity index (χ1v) is 8.79. The van der Waals surface area contributed by atoms with Gasteiger partial charge in [0.05, 0.1) is 18.8 Å². The lowest BCUT2D eigenvalue weighted by atomic mass is 10.2. The Morgan fingerprint density at radius 1 is 1.32 bits per heavy atom. The van der Waals surface area contributed by atoms with Gasteiger partial charge < -0.3 is 4.74 Å². The van der Waals surface area contributed by atoms with Crippen LogP contribution < -0.4 is 4.72 Å². The molecule has 7 heteroatoms. The summed E-state index contributed by atoms with van der Waals surface area (Å²) in [6.07, 6.45) is 4.79. The Kier molecular flexibility index (Phi) is 4.56. The maximum atomic E-state index is 12.2. The Hall–Kier alpha value is -1.70. The van der Waals surface area contributed by atoms with Gasteiger partial charge in [0.2, 0.25) is 10.0 Å². The molecule has 1 atom stereocenters. The minimum absolute atomic E-state index is 0.0193. The zero-order valence-electron chi connectivity index (χ0n) is 12.2. The molecule has 1 fully saturated rings. The van der Waals surface area contributed by atoms with E-state index < -0.39 is 10.0 Å². The topological polar surface area (TPSA) is 73.2 Å². The summed E-state index contributed by atoms with van der Waals surface area (Å²) in [5.41, 5.74) is 1.07. The van der Waals surface area contributed by atoms with Gasteiger partial charge in [-0.2, -0.15) is 5.10 Å². The SMILES string of the molecule is O=S(=O)(NCC1CCCO1)c1cnn(Cc2ccccc2)c1. The van der Waals surface area contributed by atoms with E-state index in [-0.39, 0.29) is 11.0 Å². The molecule has 6 nitrogen and oxygen atoms in total. The lowest BCUT2D eigenvalue weighted by Gasteiger charge is -2.10. The van der Waals surface area contributed by atoms with E-state index in [1.54, 1.807) is 10.9 Å². The molecule has 0 spiro atoms. The predicted octanol–water partition coefficient (Wildman–Crippen LogP) is 1.39. The second-order valence-corrected chi connectivity index (χ2v) is 7.11. The number of hydrogen-bond acceptors (Lipinski definition) is 4. The van der Waals surface area contributed by atoms with Crippen LogP contribution in [0.1, 0.15) is 18.4 Å². The molecule has 1 aliphatic rings. The van der Waals surface area contributed by atoms with Crippen molar-refractivity contribution in [1.82, 2.24) is 14.5 Å². The predicted molar refractivity (Wildman–Crippen MR) is 81.9 cm³/mol. The number of hydrogen-bond donors (Lipinski definition) is 1. The van der Waals surface area contributed by atoms with Gasteiger partial charge in [0.15, 0.2) is 0 Å². The Bertz CT molecular complexity index is 707. The highest BCUT2D eigenvalue weighted by Crippen LogP contribution is 2.13. The molecule has 22 heavy (non-hydrogen) atoms. The number of benzene rings is 1. The number of sulfonamides is 1. The van der Waals surface area contributed by atoms with Gasteiger partial charge in [0, 0.05) is 19.3 Å². The molecule has 0 aliphatic carbocycles. The maximum absolute atomic E-state index is 12.2. The van der Waals surface area contributed by atoms with Crippen LogP contribution in [-0.2, 0) is 21.3 Å². The summed E-state index contributed by atoms with van der Waals surface area (Å²) in [4.78, 5) is 0.182. The lowest BCUT2D eigenvalue weighted by Crippen LogP contribution is -2.31. The third kappa shape index (κ3) is 3.73. The Morgan fingerprint density at radius 2 is 2.14 bits per heavy atom. The fourth-order valence-electron chi connectivity index (χ4n) is 2.43. The summed E-state index contributed by atoms with van der Waals surface area (Å²) in [7, 11) is -3.53. The molecule has 0 radical (unpaired) electrons. The molecule has 0 amide bonds. The molecule has 1 aliphatic heterocycles. The van der Waals surface area contributed by atoms with Crippen molar-refractivity contribution < 1.29 is 13.2 Å². The monoisotopic (exact) mass is 321 g/mol. The van der Waals surface area contributed by atoms with E-state index in [0.29, 0.717) is 19.7 Å². The number of ether oxygens (including phenoxy) is 1. The van der Waals surface area contributed by atoms with Crippen LogP contribution in [0.5, 0.6) is 0 Å². The average molecular weight is 321 g/mol. The quantitative estimate of drug-likeness (QED) is 0.872. The van der Waals surface area contributed by atoms with E-state index in [1.807, 2.05) is 30.3 Å². The molecule has 2 aromatic rings. The van der Waals surface area contributed by atoms with Gasteiger partial charge in [-0.1, -0.05) is 30.3 Å². The van der Waals surface area contributed by atoms with Crippen molar-refractivity contribution in [2.24, 2.45) is 0 Å². The fraction of sp³-hybridized carbons (Fsp3) is 0.400. The van der Waals surface area contributed by atoms with Crippen LogP contribution in [-0.4, -0.2) is 37.5 Å². The summed E-state index contributed by atoms with van der Waals surface area (Å²) in [5.74, 6) is 0. The first-order chi connectivity index (χ1) is 10.6. The van der Waals surface area contributed by atoms with E-state index in [0.717, 1.165) is 18.4 Å². The van der Waals surface area contributed by atoms with Crippen LogP contribution in [0.3, 0.4) is 0 Å². The summed E-state index contributed by atoms with van der Waals surface area (Å²) < 4.78 is 34.1. The highest BCUT2D eigenvalue weighted by Gasteiger charge is 2.21. The van der Waals surface area contributed by atoms with Crippen LogP contribution in [0.4, 0.5) is 0 Å². The molecule has 1 aromatic heterocycles. The van der Waals surface area contributed by atoms with Crippen LogP contribution in [0, 0.1) is 0 Å². The summed E-state index contributed by atoms with van der Waals surface area (Å²) >= 11 is 0. The molecule has 0 bridgehead atoms. The third-order valence-electron chi connectivity index (χ3n) is 3.63. The fourth-order valence-corrected chi connectivity index (χ4v) is 3.45. The molecule has 118 valence electrons. The number of rotatable bonds is 6. The van der Waals surface area contributed by atoms with Gasteiger partial charge in [0.25, 0.3) is 0 Å². The molecule has 0 saturated carbocycles. The molecule has 1 saturated heterocycles. The molecule has 1 aromatic carbocycles. The van der Waals surface area contributed by atoms with Gasteiger partial charge in [0.1, 0.15) is 4.90 Å². The van der Waals surface area contributed by atoms with Crippen LogP contribution >= 0.6 is 0 Å². The van der Waals surface area contributed by atoms with Crippen molar-refractivity contribution >= 4 is 10.0 Å². The Morgan fingerprint density at radius 3 is 2.86 bits per heavy atom. The van der Waals surface area contributed by atoms with E-state index in [4.69, 9.17) is 4.74 Å². The van der Waals surface area contributed by atoms with Crippen LogP contribution in [0.2, 0.25) is 0 Å². The zero-order valence-corrected chi connectivity index (χ0v) is 13.0. The van der Waals surface area contributed by atoms with Crippen LogP contribution in [0.15, 0.2) is 47.6 Å². The Balaban J connectivity index is 1.64. The third-order valence-corrected chi connectivity index (χ3v) is 5.01. The first-order valence-electron chi connectivity index (χ1n) is 7.31. The number of nitrogens with one attached hydrogen (secondary N) is 1. The van der Waals surface area contributed by atoms with E-state index >= 15 is 0 Å². The van der Waals surface area contributed by atoms with Crippen molar-refractivity contribution in [1.29, 1.82) is 0 Å². The lowest BCUT2D eigenvalue weighted by molar-refractivity contribution is 0.114. The van der Waals surface area contributed by atoms with Gasteiger partial charge in [-0.25, -0.2) is 13.1 Å². The van der Waals surface area contributed by atoms with Crippen molar-refractivity contribution in [2.75, 3.05) is 13.2 Å². The molecular weight excluding hydrogens is 302 g/mol. The highest BCUT2D eigenvalue weighted by molar-refractivity contribution is 7.89. The standard InChI is InChI=1S/C15H19N3O3S/c19-22(20,17-9-14-7-4-8-21-14)15-10-16-18(12-15)11-13-5-2-1-3-6-13/h1-3,5-6,10,12,14,17H,4,7-9,11H2. The van der Waals surface area contributed by atoms with Crippen molar-refractivity contribution in [3.8, 4) is 0 Å². The van der Waals surface area contributed by atoms with Gasteiger partial charge in [-0.15, -0.1) is 0 Å². The molecule has 3 rings (SSSR count). The molecule has 1 unspecified atom stereocenters.